The maximum Gasteiger partial charge on any atom is 0.251 e. The molecule has 6 heteroatoms. The lowest BCUT2D eigenvalue weighted by Crippen LogP contribution is -2.42. The molecule has 1 saturated heterocycles. The Kier molecular flexibility index (Phi) is 7.75. The standard InChI is InChI=1S/C19H21BrN2O2.ClH/c20-17-3-1-2-4-18(17)24-13-14-5-7-15(8-6-14)19(23)22-16-9-11-21-12-10-16;/h1-8,16,21H,9-13H2,(H,22,23);1H. The molecule has 0 saturated carbocycles. The van der Waals surface area contributed by atoms with Crippen LogP contribution in [0.15, 0.2) is 53.0 Å². The molecule has 1 heterocycles. The second kappa shape index (κ2) is 9.80. The Labute approximate surface area is 162 Å². The average molecular weight is 426 g/mol. The summed E-state index contributed by atoms with van der Waals surface area (Å²) in [6.45, 7) is 2.41. The first kappa shape index (κ1) is 19.8. The highest BCUT2D eigenvalue weighted by Gasteiger charge is 2.16. The summed E-state index contributed by atoms with van der Waals surface area (Å²) in [5.41, 5.74) is 1.72. The van der Waals surface area contributed by atoms with Crippen molar-refractivity contribution in [2.24, 2.45) is 0 Å². The molecular formula is C19H22BrClN2O2. The van der Waals surface area contributed by atoms with Crippen LogP contribution in [-0.4, -0.2) is 25.0 Å². The Hall–Kier alpha value is -1.56. The lowest BCUT2D eigenvalue weighted by Gasteiger charge is -2.23. The molecular weight excluding hydrogens is 404 g/mol. The first-order valence-corrected chi connectivity index (χ1v) is 8.99. The molecule has 1 aliphatic heterocycles. The third-order valence-electron chi connectivity index (χ3n) is 4.12. The normalized spacial score (nSPS) is 14.4. The van der Waals surface area contributed by atoms with Gasteiger partial charge in [0.15, 0.2) is 0 Å². The Morgan fingerprint density at radius 3 is 2.48 bits per heavy atom. The van der Waals surface area contributed by atoms with Gasteiger partial charge < -0.3 is 15.4 Å². The number of hydrogen-bond donors (Lipinski definition) is 2. The Morgan fingerprint density at radius 1 is 1.12 bits per heavy atom. The predicted molar refractivity (Wildman–Crippen MR) is 106 cm³/mol. The topological polar surface area (TPSA) is 50.4 Å². The van der Waals surface area contributed by atoms with Crippen LogP contribution in [0, 0.1) is 0 Å². The third-order valence-corrected chi connectivity index (χ3v) is 4.78. The van der Waals surface area contributed by atoms with Crippen LogP contribution in [0.25, 0.3) is 0 Å². The van der Waals surface area contributed by atoms with Gasteiger partial charge in [-0.2, -0.15) is 0 Å². The minimum atomic E-state index is 0. The van der Waals surface area contributed by atoms with E-state index in [0.29, 0.717) is 12.2 Å². The average Bonchev–Trinajstić information content (AvgIpc) is 2.62. The monoisotopic (exact) mass is 424 g/mol. The molecule has 0 atom stereocenters. The van der Waals surface area contributed by atoms with Crippen LogP contribution in [0.5, 0.6) is 5.75 Å². The number of para-hydroxylation sites is 1. The van der Waals surface area contributed by atoms with Gasteiger partial charge in [0.2, 0.25) is 0 Å². The molecule has 2 N–H and O–H groups in total. The zero-order valence-electron chi connectivity index (χ0n) is 13.8. The van der Waals surface area contributed by atoms with Gasteiger partial charge >= 0.3 is 0 Å². The molecule has 0 aromatic heterocycles. The highest BCUT2D eigenvalue weighted by atomic mass is 79.9. The molecule has 25 heavy (non-hydrogen) atoms. The summed E-state index contributed by atoms with van der Waals surface area (Å²) in [6, 6.07) is 15.6. The van der Waals surface area contributed by atoms with Crippen molar-refractivity contribution in [3.8, 4) is 5.75 Å². The largest absolute Gasteiger partial charge is 0.488 e. The molecule has 1 aliphatic rings. The summed E-state index contributed by atoms with van der Waals surface area (Å²) in [5.74, 6) is 0.811. The Morgan fingerprint density at radius 2 is 1.80 bits per heavy atom. The van der Waals surface area contributed by atoms with Gasteiger partial charge in [-0.1, -0.05) is 24.3 Å². The summed E-state index contributed by atoms with van der Waals surface area (Å²) in [7, 11) is 0. The van der Waals surface area contributed by atoms with Crippen molar-refractivity contribution in [1.82, 2.24) is 10.6 Å². The van der Waals surface area contributed by atoms with Gasteiger partial charge in [-0.3, -0.25) is 4.79 Å². The van der Waals surface area contributed by atoms with Crippen molar-refractivity contribution in [2.75, 3.05) is 13.1 Å². The summed E-state index contributed by atoms with van der Waals surface area (Å²) in [4.78, 5) is 12.3. The highest BCUT2D eigenvalue weighted by Crippen LogP contribution is 2.24. The van der Waals surface area contributed by atoms with E-state index >= 15 is 0 Å². The van der Waals surface area contributed by atoms with Crippen LogP contribution in [0.4, 0.5) is 0 Å². The lowest BCUT2D eigenvalue weighted by molar-refractivity contribution is 0.0929. The van der Waals surface area contributed by atoms with E-state index in [0.717, 1.165) is 41.7 Å². The van der Waals surface area contributed by atoms with Gasteiger partial charge in [0.25, 0.3) is 5.91 Å². The molecule has 2 aromatic rings. The van der Waals surface area contributed by atoms with Crippen LogP contribution >= 0.6 is 28.3 Å². The number of rotatable bonds is 5. The van der Waals surface area contributed by atoms with Crippen molar-refractivity contribution in [1.29, 1.82) is 0 Å². The van der Waals surface area contributed by atoms with Gasteiger partial charge in [-0.15, -0.1) is 12.4 Å². The molecule has 3 rings (SSSR count). The molecule has 1 fully saturated rings. The molecule has 1 amide bonds. The van der Waals surface area contributed by atoms with E-state index in [1.807, 2.05) is 48.5 Å². The number of benzene rings is 2. The number of ether oxygens (including phenoxy) is 1. The van der Waals surface area contributed by atoms with E-state index in [9.17, 15) is 4.79 Å². The first-order valence-electron chi connectivity index (χ1n) is 8.20. The summed E-state index contributed by atoms with van der Waals surface area (Å²) in [6.07, 6.45) is 1.98. The van der Waals surface area contributed by atoms with Crippen molar-refractivity contribution < 1.29 is 9.53 Å². The second-order valence-electron chi connectivity index (χ2n) is 5.91. The lowest BCUT2D eigenvalue weighted by atomic mass is 10.1. The molecule has 0 aliphatic carbocycles. The van der Waals surface area contributed by atoms with Crippen molar-refractivity contribution >= 4 is 34.2 Å². The van der Waals surface area contributed by atoms with E-state index in [-0.39, 0.29) is 24.4 Å². The minimum absolute atomic E-state index is 0. The maximum absolute atomic E-state index is 12.3. The van der Waals surface area contributed by atoms with Crippen molar-refractivity contribution in [3.05, 3.63) is 64.1 Å². The fourth-order valence-corrected chi connectivity index (χ4v) is 3.11. The SMILES string of the molecule is Cl.O=C(NC1CCNCC1)c1ccc(COc2ccccc2Br)cc1. The number of carbonyl (C=O) groups is 1. The van der Waals surface area contributed by atoms with E-state index < -0.39 is 0 Å². The summed E-state index contributed by atoms with van der Waals surface area (Å²) >= 11 is 3.47. The van der Waals surface area contributed by atoms with Gasteiger partial charge in [0.05, 0.1) is 4.47 Å². The van der Waals surface area contributed by atoms with Gasteiger partial charge in [-0.05, 0) is 71.7 Å². The van der Waals surface area contributed by atoms with Gasteiger partial charge in [0.1, 0.15) is 12.4 Å². The summed E-state index contributed by atoms with van der Waals surface area (Å²) < 4.78 is 6.72. The van der Waals surface area contributed by atoms with Crippen molar-refractivity contribution in [3.63, 3.8) is 0 Å². The quantitative estimate of drug-likeness (QED) is 0.763. The minimum Gasteiger partial charge on any atom is -0.488 e. The first-order chi connectivity index (χ1) is 11.7. The maximum atomic E-state index is 12.3. The van der Waals surface area contributed by atoms with E-state index in [1.54, 1.807) is 0 Å². The molecule has 0 unspecified atom stereocenters. The smallest absolute Gasteiger partial charge is 0.251 e. The van der Waals surface area contributed by atoms with Crippen LogP contribution in [-0.2, 0) is 6.61 Å². The van der Waals surface area contributed by atoms with Crippen LogP contribution in [0.1, 0.15) is 28.8 Å². The van der Waals surface area contributed by atoms with E-state index in [4.69, 9.17) is 4.74 Å². The molecule has 0 spiro atoms. The molecule has 0 bridgehead atoms. The van der Waals surface area contributed by atoms with E-state index in [1.165, 1.54) is 0 Å². The highest BCUT2D eigenvalue weighted by molar-refractivity contribution is 9.10. The summed E-state index contributed by atoms with van der Waals surface area (Å²) in [5, 5.41) is 6.40. The predicted octanol–water partition coefficient (Wildman–Crippen LogP) is 3.93. The Balaban J connectivity index is 0.00000225. The molecule has 2 aromatic carbocycles. The third kappa shape index (κ3) is 5.73. The van der Waals surface area contributed by atoms with Gasteiger partial charge in [0, 0.05) is 11.6 Å². The number of piperidine rings is 1. The number of carbonyl (C=O) groups excluding carboxylic acids is 1. The number of nitrogens with one attached hydrogen (secondary N) is 2. The second-order valence-corrected chi connectivity index (χ2v) is 6.77. The fourth-order valence-electron chi connectivity index (χ4n) is 2.71. The zero-order valence-corrected chi connectivity index (χ0v) is 16.2. The van der Waals surface area contributed by atoms with E-state index in [2.05, 4.69) is 26.6 Å². The van der Waals surface area contributed by atoms with Crippen LogP contribution < -0.4 is 15.4 Å². The fraction of sp³-hybridized carbons (Fsp3) is 0.316. The van der Waals surface area contributed by atoms with Crippen molar-refractivity contribution in [2.45, 2.75) is 25.5 Å². The molecule has 4 nitrogen and oxygen atoms in total. The Bertz CT molecular complexity index is 688. The molecule has 134 valence electrons. The number of amides is 1. The van der Waals surface area contributed by atoms with Gasteiger partial charge in [-0.25, -0.2) is 0 Å². The van der Waals surface area contributed by atoms with Crippen LogP contribution in [0.2, 0.25) is 0 Å². The number of hydrogen-bond acceptors (Lipinski definition) is 3. The number of halogens is 2. The zero-order chi connectivity index (χ0) is 16.8. The molecule has 0 radical (unpaired) electrons. The van der Waals surface area contributed by atoms with Crippen LogP contribution in [0.3, 0.4) is 0 Å².